The largest absolute Gasteiger partial charge is 0.393 e. The number of nitrogens with zero attached hydrogens (tertiary/aromatic N) is 2. The average Bonchev–Trinajstić information content (AvgIpc) is 2.56. The number of rotatable bonds is 5. The van der Waals surface area contributed by atoms with Crippen molar-refractivity contribution in [2.75, 3.05) is 18.4 Å². The molecule has 0 amide bonds. The van der Waals surface area contributed by atoms with E-state index in [2.05, 4.69) is 39.5 Å². The van der Waals surface area contributed by atoms with Crippen molar-refractivity contribution in [3.63, 3.8) is 0 Å². The number of hydrogen-bond acceptors (Lipinski definition) is 4. The summed E-state index contributed by atoms with van der Waals surface area (Å²) in [5.74, 6) is 0.918. The van der Waals surface area contributed by atoms with Crippen LogP contribution in [-0.2, 0) is 13.1 Å². The second kappa shape index (κ2) is 7.57. The second-order valence-electron chi connectivity index (χ2n) is 6.34. The van der Waals surface area contributed by atoms with Gasteiger partial charge in [-0.15, -0.1) is 0 Å². The first-order valence-corrected chi connectivity index (χ1v) is 8.35. The van der Waals surface area contributed by atoms with Gasteiger partial charge in [0.15, 0.2) is 0 Å². The van der Waals surface area contributed by atoms with Crippen LogP contribution < -0.4 is 5.32 Å². The molecule has 2 heterocycles. The van der Waals surface area contributed by atoms with Gasteiger partial charge in [0.05, 0.1) is 6.10 Å². The van der Waals surface area contributed by atoms with Gasteiger partial charge in [-0.25, -0.2) is 4.98 Å². The molecule has 1 aliphatic heterocycles. The van der Waals surface area contributed by atoms with Crippen molar-refractivity contribution in [3.8, 4) is 0 Å². The molecule has 0 aliphatic carbocycles. The molecule has 0 bridgehead atoms. The van der Waals surface area contributed by atoms with Gasteiger partial charge < -0.3 is 10.4 Å². The maximum atomic E-state index is 9.56. The molecule has 1 aromatic carbocycles. The van der Waals surface area contributed by atoms with Crippen molar-refractivity contribution in [1.82, 2.24) is 9.88 Å². The van der Waals surface area contributed by atoms with Crippen LogP contribution in [0.5, 0.6) is 0 Å². The lowest BCUT2D eigenvalue weighted by Crippen LogP contribution is -2.35. The summed E-state index contributed by atoms with van der Waals surface area (Å²) in [4.78, 5) is 6.86. The molecule has 0 radical (unpaired) electrons. The van der Waals surface area contributed by atoms with Crippen LogP contribution in [0.2, 0.25) is 0 Å². The molecular formula is C19H25N3O. The van der Waals surface area contributed by atoms with Gasteiger partial charge >= 0.3 is 0 Å². The fourth-order valence-corrected chi connectivity index (χ4v) is 2.93. The fourth-order valence-electron chi connectivity index (χ4n) is 2.93. The number of aryl methyl sites for hydroxylation is 1. The molecule has 0 spiro atoms. The normalized spacial score (nSPS) is 16.4. The first-order chi connectivity index (χ1) is 11.2. The van der Waals surface area contributed by atoms with E-state index < -0.39 is 0 Å². The highest BCUT2D eigenvalue weighted by molar-refractivity contribution is 5.36. The Hall–Kier alpha value is -1.91. The van der Waals surface area contributed by atoms with Crippen LogP contribution in [0, 0.1) is 6.92 Å². The number of pyridine rings is 1. The third-order valence-corrected chi connectivity index (χ3v) is 4.35. The molecule has 0 atom stereocenters. The zero-order chi connectivity index (χ0) is 16.1. The molecule has 2 N–H and O–H groups in total. The first kappa shape index (κ1) is 16.0. The molecule has 3 rings (SSSR count). The summed E-state index contributed by atoms with van der Waals surface area (Å²) in [6.07, 6.45) is 1.69. The smallest absolute Gasteiger partial charge is 0.126 e. The van der Waals surface area contributed by atoms with Gasteiger partial charge in [-0.2, -0.15) is 0 Å². The molecular weight excluding hydrogens is 286 g/mol. The number of piperidine rings is 1. The molecule has 122 valence electrons. The zero-order valence-electron chi connectivity index (χ0n) is 13.7. The van der Waals surface area contributed by atoms with Gasteiger partial charge in [0, 0.05) is 31.9 Å². The van der Waals surface area contributed by atoms with E-state index in [1.54, 1.807) is 0 Å². The van der Waals surface area contributed by atoms with Crippen molar-refractivity contribution in [2.45, 2.75) is 39.0 Å². The standard InChI is InChI=1S/C19H25N3O/c1-15-3-2-4-19(21-15)20-13-16-5-7-17(8-6-16)14-22-11-9-18(23)10-12-22/h2-8,18,23H,9-14H2,1H3,(H,20,21). The third-order valence-electron chi connectivity index (χ3n) is 4.35. The zero-order valence-corrected chi connectivity index (χ0v) is 13.7. The lowest BCUT2D eigenvalue weighted by atomic mass is 10.1. The van der Waals surface area contributed by atoms with E-state index in [0.29, 0.717) is 0 Å². The Morgan fingerprint density at radius 1 is 1.09 bits per heavy atom. The number of aliphatic hydroxyl groups excluding tert-OH is 1. The van der Waals surface area contributed by atoms with Crippen molar-refractivity contribution >= 4 is 5.82 Å². The van der Waals surface area contributed by atoms with Gasteiger partial charge in [-0.1, -0.05) is 30.3 Å². The van der Waals surface area contributed by atoms with Crippen LogP contribution in [-0.4, -0.2) is 34.2 Å². The molecule has 0 saturated carbocycles. The van der Waals surface area contributed by atoms with E-state index in [4.69, 9.17) is 0 Å². The molecule has 4 nitrogen and oxygen atoms in total. The summed E-state index contributed by atoms with van der Waals surface area (Å²) in [6.45, 7) is 5.74. The number of hydrogen-bond donors (Lipinski definition) is 2. The average molecular weight is 311 g/mol. The van der Waals surface area contributed by atoms with Gasteiger partial charge in [0.1, 0.15) is 5.82 Å². The Morgan fingerprint density at radius 2 is 1.78 bits per heavy atom. The maximum absolute atomic E-state index is 9.56. The quantitative estimate of drug-likeness (QED) is 0.891. The van der Waals surface area contributed by atoms with Crippen LogP contribution in [0.1, 0.15) is 29.7 Å². The van der Waals surface area contributed by atoms with E-state index in [-0.39, 0.29) is 6.10 Å². The van der Waals surface area contributed by atoms with E-state index in [1.165, 1.54) is 11.1 Å². The van der Waals surface area contributed by atoms with Gasteiger partial charge in [-0.05, 0) is 43.0 Å². The number of benzene rings is 1. The van der Waals surface area contributed by atoms with Crippen molar-refractivity contribution in [1.29, 1.82) is 0 Å². The molecule has 0 unspecified atom stereocenters. The Morgan fingerprint density at radius 3 is 2.48 bits per heavy atom. The van der Waals surface area contributed by atoms with Gasteiger partial charge in [0.2, 0.25) is 0 Å². The Balaban J connectivity index is 1.51. The number of likely N-dealkylation sites (tertiary alicyclic amines) is 1. The molecule has 2 aromatic rings. The highest BCUT2D eigenvalue weighted by atomic mass is 16.3. The minimum atomic E-state index is -0.102. The fraction of sp³-hybridized carbons (Fsp3) is 0.421. The van der Waals surface area contributed by atoms with Crippen LogP contribution in [0.3, 0.4) is 0 Å². The highest BCUT2D eigenvalue weighted by Crippen LogP contribution is 2.15. The number of aliphatic hydroxyl groups is 1. The van der Waals surface area contributed by atoms with Crippen molar-refractivity contribution < 1.29 is 5.11 Å². The minimum absolute atomic E-state index is 0.102. The lowest BCUT2D eigenvalue weighted by Gasteiger charge is -2.29. The summed E-state index contributed by atoms with van der Waals surface area (Å²) in [5, 5.41) is 12.9. The predicted molar refractivity (Wildman–Crippen MR) is 93.3 cm³/mol. The molecule has 1 saturated heterocycles. The molecule has 4 heteroatoms. The molecule has 1 aromatic heterocycles. The molecule has 1 fully saturated rings. The number of aromatic nitrogens is 1. The van der Waals surface area contributed by atoms with E-state index in [9.17, 15) is 5.11 Å². The Bertz CT molecular complexity index is 619. The summed E-state index contributed by atoms with van der Waals surface area (Å²) in [5.41, 5.74) is 3.61. The SMILES string of the molecule is Cc1cccc(NCc2ccc(CN3CCC(O)CC3)cc2)n1. The van der Waals surface area contributed by atoms with Crippen LogP contribution in [0.15, 0.2) is 42.5 Å². The maximum Gasteiger partial charge on any atom is 0.126 e. The van der Waals surface area contributed by atoms with Gasteiger partial charge in [0.25, 0.3) is 0 Å². The molecule has 23 heavy (non-hydrogen) atoms. The predicted octanol–water partition coefficient (Wildman–Crippen LogP) is 2.96. The van der Waals surface area contributed by atoms with Crippen LogP contribution >= 0.6 is 0 Å². The van der Waals surface area contributed by atoms with Gasteiger partial charge in [-0.3, -0.25) is 4.90 Å². The highest BCUT2D eigenvalue weighted by Gasteiger charge is 2.16. The summed E-state index contributed by atoms with van der Waals surface area (Å²) >= 11 is 0. The number of anilines is 1. The van der Waals surface area contributed by atoms with Crippen molar-refractivity contribution in [2.24, 2.45) is 0 Å². The Kier molecular flexibility index (Phi) is 5.26. The number of nitrogens with one attached hydrogen (secondary N) is 1. The third kappa shape index (κ3) is 4.78. The van der Waals surface area contributed by atoms with E-state index in [0.717, 1.165) is 50.5 Å². The van der Waals surface area contributed by atoms with Crippen LogP contribution in [0.25, 0.3) is 0 Å². The lowest BCUT2D eigenvalue weighted by molar-refractivity contribution is 0.0792. The van der Waals surface area contributed by atoms with E-state index in [1.807, 2.05) is 25.1 Å². The second-order valence-corrected chi connectivity index (χ2v) is 6.34. The summed E-state index contributed by atoms with van der Waals surface area (Å²) in [7, 11) is 0. The Labute approximate surface area is 138 Å². The topological polar surface area (TPSA) is 48.4 Å². The summed E-state index contributed by atoms with van der Waals surface area (Å²) < 4.78 is 0. The van der Waals surface area contributed by atoms with Crippen molar-refractivity contribution in [3.05, 3.63) is 59.3 Å². The van der Waals surface area contributed by atoms with Crippen LogP contribution in [0.4, 0.5) is 5.82 Å². The first-order valence-electron chi connectivity index (χ1n) is 8.35. The summed E-state index contributed by atoms with van der Waals surface area (Å²) in [6, 6.07) is 14.8. The minimum Gasteiger partial charge on any atom is -0.393 e. The molecule has 1 aliphatic rings. The monoisotopic (exact) mass is 311 g/mol. The van der Waals surface area contributed by atoms with E-state index >= 15 is 0 Å².